The number of carbonyl (C=O) groups is 1. The molecule has 0 radical (unpaired) electrons. The number of nitrogens with zero attached hydrogens (tertiary/aromatic N) is 1. The van der Waals surface area contributed by atoms with Gasteiger partial charge >= 0.3 is 0 Å². The van der Waals surface area contributed by atoms with Gasteiger partial charge in [-0.1, -0.05) is 63.3 Å². The largest absolute Gasteiger partial charge is 0.374 e. The zero-order valence-electron chi connectivity index (χ0n) is 18.7. The van der Waals surface area contributed by atoms with E-state index in [2.05, 4.69) is 47.0 Å². The van der Waals surface area contributed by atoms with Crippen molar-refractivity contribution in [1.29, 1.82) is 0 Å². The highest BCUT2D eigenvalue weighted by molar-refractivity contribution is 6.74. The van der Waals surface area contributed by atoms with Crippen LogP contribution in [-0.2, 0) is 14.0 Å². The molecular weight excluding hydrogens is 378 g/mol. The van der Waals surface area contributed by atoms with E-state index in [0.717, 1.165) is 24.8 Å². The summed E-state index contributed by atoms with van der Waals surface area (Å²) in [7, 11) is -2.22. The number of hydrogen-bond donors (Lipinski definition) is 0. The molecule has 0 N–H and O–H groups in total. The number of ether oxygens (including phenoxy) is 1. The van der Waals surface area contributed by atoms with Crippen molar-refractivity contribution in [3.8, 4) is 0 Å². The molecule has 0 aliphatic carbocycles. The Morgan fingerprint density at radius 1 is 1.17 bits per heavy atom. The molecule has 0 saturated carbocycles. The molecule has 5 heteroatoms. The summed E-state index contributed by atoms with van der Waals surface area (Å²) in [6, 6.07) is 9.69. The summed E-state index contributed by atoms with van der Waals surface area (Å²) < 4.78 is 13.4. The minimum atomic E-state index is -2.22. The topological polar surface area (TPSA) is 38.8 Å². The molecule has 1 aliphatic rings. The molecule has 1 aromatic carbocycles. The highest BCUT2D eigenvalue weighted by Gasteiger charge is 2.56. The van der Waals surface area contributed by atoms with Crippen LogP contribution in [0.2, 0.25) is 18.1 Å². The molecule has 4 nitrogen and oxygen atoms in total. The van der Waals surface area contributed by atoms with Gasteiger partial charge in [0.25, 0.3) is 5.91 Å². The van der Waals surface area contributed by atoms with E-state index < -0.39 is 20.3 Å². The van der Waals surface area contributed by atoms with E-state index in [-0.39, 0.29) is 10.9 Å². The third-order valence-electron chi connectivity index (χ3n) is 5.99. The molecule has 2 atom stereocenters. The molecule has 2 rings (SSSR count). The average molecular weight is 416 g/mol. The molecule has 1 heterocycles. The zero-order valence-corrected chi connectivity index (χ0v) is 19.7. The second kappa shape index (κ2) is 9.41. The Bertz CT molecular complexity index is 711. The first-order chi connectivity index (χ1) is 13.6. The van der Waals surface area contributed by atoms with Crippen LogP contribution in [0.4, 0.5) is 0 Å². The molecule has 0 spiro atoms. The van der Waals surface area contributed by atoms with Gasteiger partial charge in [0.05, 0.1) is 0 Å². The Morgan fingerprint density at radius 2 is 1.83 bits per heavy atom. The lowest BCUT2D eigenvalue weighted by Gasteiger charge is -2.46. The first-order valence-electron chi connectivity index (χ1n) is 10.5. The molecule has 1 amide bonds. The van der Waals surface area contributed by atoms with Crippen molar-refractivity contribution in [1.82, 2.24) is 4.90 Å². The predicted molar refractivity (Wildman–Crippen MR) is 122 cm³/mol. The number of unbranched alkanes of at least 4 members (excludes halogenated alkanes) is 2. The minimum Gasteiger partial charge on any atom is -0.374 e. The van der Waals surface area contributed by atoms with Crippen LogP contribution in [0.15, 0.2) is 55.6 Å². The van der Waals surface area contributed by atoms with Gasteiger partial charge in [0, 0.05) is 13.0 Å². The van der Waals surface area contributed by atoms with Crippen LogP contribution in [-0.4, -0.2) is 31.6 Å². The molecule has 2 unspecified atom stereocenters. The van der Waals surface area contributed by atoms with Crippen LogP contribution in [0.25, 0.3) is 0 Å². The summed E-state index contributed by atoms with van der Waals surface area (Å²) in [6.07, 6.45) is 6.48. The molecule has 1 fully saturated rings. The zero-order chi connectivity index (χ0) is 21.7. The molecule has 1 saturated heterocycles. The van der Waals surface area contributed by atoms with Crippen molar-refractivity contribution in [3.63, 3.8) is 0 Å². The lowest BCUT2D eigenvalue weighted by Crippen LogP contribution is -2.57. The third kappa shape index (κ3) is 5.27. The van der Waals surface area contributed by atoms with E-state index in [1.165, 1.54) is 0 Å². The van der Waals surface area contributed by atoms with Gasteiger partial charge in [0.15, 0.2) is 14.4 Å². The van der Waals surface area contributed by atoms with Gasteiger partial charge in [-0.15, -0.1) is 13.2 Å². The van der Waals surface area contributed by atoms with Crippen molar-refractivity contribution in [2.75, 3.05) is 6.54 Å². The van der Waals surface area contributed by atoms with Gasteiger partial charge in [-0.05, 0) is 43.0 Å². The Hall–Kier alpha value is -1.69. The maximum Gasteiger partial charge on any atom is 0.260 e. The summed E-state index contributed by atoms with van der Waals surface area (Å²) in [6.45, 7) is 19.1. The lowest BCUT2D eigenvalue weighted by molar-refractivity contribution is -0.247. The number of benzene rings is 1. The fraction of sp³-hybridized carbons (Fsp3) is 0.542. The van der Waals surface area contributed by atoms with Crippen LogP contribution >= 0.6 is 0 Å². The van der Waals surface area contributed by atoms with E-state index in [4.69, 9.17) is 9.16 Å². The Morgan fingerprint density at radius 3 is 2.38 bits per heavy atom. The molecule has 0 bridgehead atoms. The van der Waals surface area contributed by atoms with Crippen LogP contribution in [0, 0.1) is 0 Å². The number of allylic oxidation sites excluding steroid dienone is 1. The molecule has 0 aromatic heterocycles. The van der Waals surface area contributed by atoms with Crippen molar-refractivity contribution < 1.29 is 14.0 Å². The monoisotopic (exact) mass is 415 g/mol. The van der Waals surface area contributed by atoms with Crippen molar-refractivity contribution >= 4 is 14.2 Å². The number of carbonyl (C=O) groups excluding carboxylic acids is 1. The molecule has 29 heavy (non-hydrogen) atoms. The van der Waals surface area contributed by atoms with Crippen molar-refractivity contribution in [2.24, 2.45) is 0 Å². The molecule has 1 aliphatic heterocycles. The van der Waals surface area contributed by atoms with E-state index in [0.29, 0.717) is 13.0 Å². The van der Waals surface area contributed by atoms with Crippen LogP contribution in [0.3, 0.4) is 0 Å². The fourth-order valence-corrected chi connectivity index (χ4v) is 4.68. The Labute approximate surface area is 177 Å². The van der Waals surface area contributed by atoms with Gasteiger partial charge in [-0.2, -0.15) is 0 Å². The summed E-state index contributed by atoms with van der Waals surface area (Å²) in [5.74, 6) is -1.12. The maximum atomic E-state index is 13.4. The summed E-state index contributed by atoms with van der Waals surface area (Å²) in [5, 5.41) is -0.00178. The van der Waals surface area contributed by atoms with Gasteiger partial charge in [0.1, 0.15) is 0 Å². The Kier molecular flexibility index (Phi) is 7.66. The Balaban J connectivity index is 2.45. The highest BCUT2D eigenvalue weighted by atomic mass is 28.4. The van der Waals surface area contributed by atoms with Gasteiger partial charge in [-0.25, -0.2) is 0 Å². The van der Waals surface area contributed by atoms with Crippen LogP contribution < -0.4 is 0 Å². The van der Waals surface area contributed by atoms with E-state index >= 15 is 0 Å². The molecule has 160 valence electrons. The van der Waals surface area contributed by atoms with Gasteiger partial charge in [-0.3, -0.25) is 9.69 Å². The van der Waals surface area contributed by atoms with Crippen molar-refractivity contribution in [3.05, 3.63) is 61.2 Å². The van der Waals surface area contributed by atoms with E-state index in [1.807, 2.05) is 36.4 Å². The first kappa shape index (κ1) is 23.6. The average Bonchev–Trinajstić information content (AvgIpc) is 2.91. The minimum absolute atomic E-state index is 0.00178. The van der Waals surface area contributed by atoms with Crippen molar-refractivity contribution in [2.45, 2.75) is 76.6 Å². The SMILES string of the molecule is C=CCCCCC1(O[Si](C)(C)C(C)(C)C)OC(c2ccccc2)C(=O)N1CC=C. The van der Waals surface area contributed by atoms with E-state index in [9.17, 15) is 4.79 Å². The predicted octanol–water partition coefficient (Wildman–Crippen LogP) is 6.19. The van der Waals surface area contributed by atoms with Gasteiger partial charge < -0.3 is 9.16 Å². The number of amides is 1. The van der Waals surface area contributed by atoms with Gasteiger partial charge in [0.2, 0.25) is 5.91 Å². The standard InChI is InChI=1S/C24H37NO3Si/c1-8-10-11-15-18-24(28-29(6,7)23(3,4)5)25(19-9-2)22(26)21(27-24)20-16-13-12-14-17-20/h8-9,12-14,16-17,21H,1-2,10-11,15,18-19H2,3-7H3. The van der Waals surface area contributed by atoms with Crippen LogP contribution in [0.5, 0.6) is 0 Å². The fourth-order valence-electron chi connectivity index (χ4n) is 3.32. The second-order valence-corrected chi connectivity index (χ2v) is 14.0. The lowest BCUT2D eigenvalue weighted by atomic mass is 10.1. The summed E-state index contributed by atoms with van der Waals surface area (Å²) in [4.78, 5) is 15.2. The van der Waals surface area contributed by atoms with Crippen LogP contribution in [0.1, 0.15) is 58.1 Å². The molecule has 1 aromatic rings. The maximum absolute atomic E-state index is 13.4. The van der Waals surface area contributed by atoms with E-state index in [1.54, 1.807) is 11.0 Å². The third-order valence-corrected chi connectivity index (χ3v) is 10.4. The highest BCUT2D eigenvalue weighted by Crippen LogP contribution is 2.47. The second-order valence-electron chi connectivity index (χ2n) is 9.26. The smallest absolute Gasteiger partial charge is 0.260 e. The molecular formula is C24H37NO3Si. The number of rotatable bonds is 10. The first-order valence-corrected chi connectivity index (χ1v) is 13.4. The normalized spacial score (nSPS) is 22.7. The quantitative estimate of drug-likeness (QED) is 0.260. The number of hydrogen-bond acceptors (Lipinski definition) is 3. The summed E-state index contributed by atoms with van der Waals surface area (Å²) in [5.41, 5.74) is 0.860. The summed E-state index contributed by atoms with van der Waals surface area (Å²) >= 11 is 0.